The Morgan fingerprint density at radius 3 is 3.00 bits per heavy atom. The number of hydrogen-bond acceptors (Lipinski definition) is 3. The molecule has 0 saturated carbocycles. The zero-order chi connectivity index (χ0) is 13.0. The standard InChI is InChI=1S/C13H17BrN2O2/c1-16(8-10-4-2-3-5-11(10)14)13(17)12-9-18-7-6-15-12/h2-5,12,15H,6-9H2,1H3/t12-/m0/s1. The summed E-state index contributed by atoms with van der Waals surface area (Å²) < 4.78 is 6.33. The molecule has 0 aliphatic carbocycles. The van der Waals surface area contributed by atoms with Crippen molar-refractivity contribution in [1.29, 1.82) is 0 Å². The van der Waals surface area contributed by atoms with Crippen LogP contribution < -0.4 is 5.32 Å². The third-order valence-corrected chi connectivity index (χ3v) is 3.73. The lowest BCUT2D eigenvalue weighted by Crippen LogP contribution is -2.51. The Kier molecular flexibility index (Phi) is 4.74. The van der Waals surface area contributed by atoms with Gasteiger partial charge in [-0.25, -0.2) is 0 Å². The maximum atomic E-state index is 12.2. The van der Waals surface area contributed by atoms with Crippen LogP contribution >= 0.6 is 15.9 Å². The average molecular weight is 313 g/mol. The number of carbonyl (C=O) groups is 1. The first-order valence-corrected chi connectivity index (χ1v) is 6.77. The number of nitrogens with zero attached hydrogens (tertiary/aromatic N) is 1. The lowest BCUT2D eigenvalue weighted by Gasteiger charge is -2.27. The number of likely N-dealkylation sites (N-methyl/N-ethyl adjacent to an activating group) is 1. The van der Waals surface area contributed by atoms with Crippen molar-refractivity contribution in [2.75, 3.05) is 26.8 Å². The monoisotopic (exact) mass is 312 g/mol. The summed E-state index contributed by atoms with van der Waals surface area (Å²) in [5.41, 5.74) is 1.10. The largest absolute Gasteiger partial charge is 0.378 e. The van der Waals surface area contributed by atoms with Crippen LogP contribution in [0.5, 0.6) is 0 Å². The number of benzene rings is 1. The molecule has 5 heteroatoms. The summed E-state index contributed by atoms with van der Waals surface area (Å²) in [6.07, 6.45) is 0. The lowest BCUT2D eigenvalue weighted by atomic mass is 10.2. The molecule has 0 unspecified atom stereocenters. The molecule has 1 fully saturated rings. The van der Waals surface area contributed by atoms with Crippen molar-refractivity contribution in [2.45, 2.75) is 12.6 Å². The minimum absolute atomic E-state index is 0.0745. The number of carbonyl (C=O) groups excluding carboxylic acids is 1. The van der Waals surface area contributed by atoms with E-state index < -0.39 is 0 Å². The molecule has 1 aliphatic rings. The van der Waals surface area contributed by atoms with E-state index in [2.05, 4.69) is 21.2 Å². The number of ether oxygens (including phenoxy) is 1. The van der Waals surface area contributed by atoms with Gasteiger partial charge in [-0.1, -0.05) is 34.1 Å². The van der Waals surface area contributed by atoms with Gasteiger partial charge in [0.25, 0.3) is 0 Å². The minimum Gasteiger partial charge on any atom is -0.378 e. The number of nitrogens with one attached hydrogen (secondary N) is 1. The smallest absolute Gasteiger partial charge is 0.242 e. The average Bonchev–Trinajstić information content (AvgIpc) is 2.41. The van der Waals surface area contributed by atoms with Crippen LogP contribution in [0.1, 0.15) is 5.56 Å². The highest BCUT2D eigenvalue weighted by Crippen LogP contribution is 2.17. The van der Waals surface area contributed by atoms with Crippen LogP contribution in [0.25, 0.3) is 0 Å². The van der Waals surface area contributed by atoms with E-state index in [4.69, 9.17) is 4.74 Å². The van der Waals surface area contributed by atoms with Gasteiger partial charge in [-0.2, -0.15) is 0 Å². The molecule has 0 radical (unpaired) electrons. The first-order valence-electron chi connectivity index (χ1n) is 5.98. The molecule has 1 atom stereocenters. The van der Waals surface area contributed by atoms with Gasteiger partial charge in [0, 0.05) is 24.6 Å². The van der Waals surface area contributed by atoms with Gasteiger partial charge in [-0.15, -0.1) is 0 Å². The Morgan fingerprint density at radius 1 is 1.56 bits per heavy atom. The summed E-state index contributed by atoms with van der Waals surface area (Å²) in [6, 6.07) is 7.71. The molecule has 1 N–H and O–H groups in total. The molecule has 1 aliphatic heterocycles. The maximum Gasteiger partial charge on any atom is 0.242 e. The Morgan fingerprint density at radius 2 is 2.33 bits per heavy atom. The van der Waals surface area contributed by atoms with Crippen LogP contribution in [0.4, 0.5) is 0 Å². The molecule has 1 amide bonds. The highest BCUT2D eigenvalue weighted by molar-refractivity contribution is 9.10. The third-order valence-electron chi connectivity index (χ3n) is 2.96. The van der Waals surface area contributed by atoms with Gasteiger partial charge < -0.3 is 15.0 Å². The lowest BCUT2D eigenvalue weighted by molar-refractivity contribution is -0.135. The molecule has 1 aromatic rings. The first kappa shape index (κ1) is 13.5. The van der Waals surface area contributed by atoms with Crippen molar-refractivity contribution < 1.29 is 9.53 Å². The van der Waals surface area contributed by atoms with Crippen molar-refractivity contribution in [2.24, 2.45) is 0 Å². The molecule has 4 nitrogen and oxygen atoms in total. The summed E-state index contributed by atoms with van der Waals surface area (Å²) >= 11 is 3.49. The van der Waals surface area contributed by atoms with Gasteiger partial charge in [0.15, 0.2) is 0 Å². The molecule has 18 heavy (non-hydrogen) atoms. The van der Waals surface area contributed by atoms with Gasteiger partial charge in [0.2, 0.25) is 5.91 Å². The van der Waals surface area contributed by atoms with E-state index in [1.807, 2.05) is 31.3 Å². The molecule has 0 aromatic heterocycles. The van der Waals surface area contributed by atoms with E-state index in [9.17, 15) is 4.79 Å². The van der Waals surface area contributed by atoms with Crippen molar-refractivity contribution in [3.63, 3.8) is 0 Å². The van der Waals surface area contributed by atoms with E-state index >= 15 is 0 Å². The summed E-state index contributed by atoms with van der Waals surface area (Å²) in [4.78, 5) is 13.9. The topological polar surface area (TPSA) is 41.6 Å². The normalized spacial score (nSPS) is 19.6. The highest BCUT2D eigenvalue weighted by Gasteiger charge is 2.24. The second kappa shape index (κ2) is 6.31. The van der Waals surface area contributed by atoms with Crippen LogP contribution in [0, 0.1) is 0 Å². The highest BCUT2D eigenvalue weighted by atomic mass is 79.9. The van der Waals surface area contributed by atoms with Gasteiger partial charge in [0.1, 0.15) is 6.04 Å². The Bertz CT molecular complexity index is 419. The summed E-state index contributed by atoms with van der Waals surface area (Å²) in [5.74, 6) is 0.0745. The fourth-order valence-corrected chi connectivity index (χ4v) is 2.36. The zero-order valence-electron chi connectivity index (χ0n) is 10.4. The van der Waals surface area contributed by atoms with Crippen LogP contribution in [0.15, 0.2) is 28.7 Å². The minimum atomic E-state index is -0.216. The molecular weight excluding hydrogens is 296 g/mol. The fraction of sp³-hybridized carbons (Fsp3) is 0.462. The second-order valence-electron chi connectivity index (χ2n) is 4.37. The van der Waals surface area contributed by atoms with Crippen molar-refractivity contribution >= 4 is 21.8 Å². The van der Waals surface area contributed by atoms with Gasteiger partial charge in [-0.3, -0.25) is 4.79 Å². The van der Waals surface area contributed by atoms with E-state index in [1.165, 1.54) is 0 Å². The number of hydrogen-bond donors (Lipinski definition) is 1. The number of rotatable bonds is 3. The maximum absolute atomic E-state index is 12.2. The first-order chi connectivity index (χ1) is 8.68. The molecule has 1 aromatic carbocycles. The predicted octanol–water partition coefficient (Wildman–Crippen LogP) is 1.40. The van der Waals surface area contributed by atoms with Crippen LogP contribution in [0.2, 0.25) is 0 Å². The number of amides is 1. The van der Waals surface area contributed by atoms with E-state index in [0.717, 1.165) is 16.6 Å². The second-order valence-corrected chi connectivity index (χ2v) is 5.22. The molecule has 1 heterocycles. The summed E-state index contributed by atoms with van der Waals surface area (Å²) in [5, 5.41) is 3.17. The Labute approximate surface area is 115 Å². The summed E-state index contributed by atoms with van der Waals surface area (Å²) in [7, 11) is 1.82. The zero-order valence-corrected chi connectivity index (χ0v) is 11.9. The SMILES string of the molecule is CN(Cc1ccccc1Br)C(=O)[C@@H]1COCCN1. The van der Waals surface area contributed by atoms with Gasteiger partial charge >= 0.3 is 0 Å². The molecule has 98 valence electrons. The predicted molar refractivity (Wildman–Crippen MR) is 73.2 cm³/mol. The molecule has 2 rings (SSSR count). The molecule has 0 spiro atoms. The number of morpholine rings is 1. The fourth-order valence-electron chi connectivity index (χ4n) is 1.95. The van der Waals surface area contributed by atoms with E-state index in [1.54, 1.807) is 4.90 Å². The third kappa shape index (κ3) is 3.31. The molecular formula is C13H17BrN2O2. The van der Waals surface area contributed by atoms with Gasteiger partial charge in [-0.05, 0) is 11.6 Å². The van der Waals surface area contributed by atoms with Crippen molar-refractivity contribution in [3.8, 4) is 0 Å². The van der Waals surface area contributed by atoms with Crippen LogP contribution in [-0.2, 0) is 16.1 Å². The van der Waals surface area contributed by atoms with E-state index in [-0.39, 0.29) is 11.9 Å². The molecule has 0 bridgehead atoms. The van der Waals surface area contributed by atoms with Crippen molar-refractivity contribution in [3.05, 3.63) is 34.3 Å². The molecule has 1 saturated heterocycles. The summed E-state index contributed by atoms with van der Waals surface area (Å²) in [6.45, 7) is 2.47. The quantitative estimate of drug-likeness (QED) is 0.917. The van der Waals surface area contributed by atoms with E-state index in [0.29, 0.717) is 19.8 Å². The Balaban J connectivity index is 1.96. The van der Waals surface area contributed by atoms with Crippen LogP contribution in [-0.4, -0.2) is 43.7 Å². The van der Waals surface area contributed by atoms with Crippen LogP contribution in [0.3, 0.4) is 0 Å². The Hall–Kier alpha value is -0.910. The van der Waals surface area contributed by atoms with Crippen molar-refractivity contribution in [1.82, 2.24) is 10.2 Å². The number of halogens is 1. The van der Waals surface area contributed by atoms with Gasteiger partial charge in [0.05, 0.1) is 13.2 Å².